The Morgan fingerprint density at radius 1 is 0.923 bits per heavy atom. The average molecular weight is 346 g/mol. The summed E-state index contributed by atoms with van der Waals surface area (Å²) in [7, 11) is 0. The number of carbonyl (C=O) groups excluding carboxylic acids is 2. The molecule has 2 aromatic carbocycles. The van der Waals surface area contributed by atoms with Crippen LogP contribution in [0.3, 0.4) is 0 Å². The Balaban J connectivity index is 2.09. The fourth-order valence-corrected chi connectivity index (χ4v) is 2.81. The van der Waals surface area contributed by atoms with Crippen LogP contribution in [-0.2, 0) is 0 Å². The van der Waals surface area contributed by atoms with Crippen LogP contribution in [0.4, 0.5) is 0 Å². The zero-order chi connectivity index (χ0) is 18.8. The van der Waals surface area contributed by atoms with Gasteiger partial charge in [0, 0.05) is 29.0 Å². The van der Waals surface area contributed by atoms with Gasteiger partial charge in [-0.25, -0.2) is 0 Å². The van der Waals surface area contributed by atoms with Crippen LogP contribution in [0.1, 0.15) is 72.2 Å². The lowest BCUT2D eigenvalue weighted by Gasteiger charge is -2.10. The summed E-state index contributed by atoms with van der Waals surface area (Å²) in [5.41, 5.74) is 2.32. The molecular weight excluding hydrogens is 320 g/mol. The first-order valence-electron chi connectivity index (χ1n) is 9.31. The Labute approximate surface area is 156 Å². The van der Waals surface area contributed by atoms with Crippen molar-refractivity contribution >= 4 is 11.6 Å². The molecule has 2 aromatic rings. The van der Waals surface area contributed by atoms with Crippen molar-refractivity contribution < 1.29 is 9.59 Å². The van der Waals surface area contributed by atoms with Crippen LogP contribution < -0.4 is 0 Å². The van der Waals surface area contributed by atoms with Crippen molar-refractivity contribution in [1.82, 2.24) is 0 Å². The number of benzene rings is 2. The number of unbranched alkanes of at least 4 members (excludes halogenated alkanes) is 2. The van der Waals surface area contributed by atoms with E-state index in [2.05, 4.69) is 18.8 Å². The van der Waals surface area contributed by atoms with E-state index < -0.39 is 0 Å². The lowest BCUT2D eigenvalue weighted by atomic mass is 9.93. The maximum atomic E-state index is 12.5. The molecule has 0 amide bonds. The Morgan fingerprint density at radius 3 is 2.23 bits per heavy atom. The molecule has 2 heteroatoms. The molecule has 0 saturated carbocycles. The van der Waals surface area contributed by atoms with Gasteiger partial charge in [0.15, 0.2) is 11.6 Å². The Morgan fingerprint density at radius 2 is 1.62 bits per heavy atom. The summed E-state index contributed by atoms with van der Waals surface area (Å²) in [6, 6.07) is 16.8. The van der Waals surface area contributed by atoms with E-state index in [1.165, 1.54) is 0 Å². The first-order valence-corrected chi connectivity index (χ1v) is 9.31. The summed E-state index contributed by atoms with van der Waals surface area (Å²) in [5, 5.41) is 0. The first-order chi connectivity index (χ1) is 12.6. The minimum Gasteiger partial charge on any atom is -0.295 e. The fraction of sp³-hybridized carbons (Fsp3) is 0.333. The highest BCUT2D eigenvalue weighted by Gasteiger charge is 2.13. The van der Waals surface area contributed by atoms with Gasteiger partial charge in [0.25, 0.3) is 0 Å². The molecule has 0 aromatic heterocycles. The van der Waals surface area contributed by atoms with Gasteiger partial charge in [-0.2, -0.15) is 0 Å². The average Bonchev–Trinajstić information content (AvgIpc) is 2.67. The van der Waals surface area contributed by atoms with Crippen molar-refractivity contribution in [2.75, 3.05) is 0 Å². The van der Waals surface area contributed by atoms with E-state index in [0.29, 0.717) is 12.0 Å². The molecule has 0 saturated heterocycles. The van der Waals surface area contributed by atoms with Crippen molar-refractivity contribution in [2.24, 2.45) is 5.92 Å². The molecule has 0 radical (unpaired) electrons. The van der Waals surface area contributed by atoms with E-state index in [1.807, 2.05) is 42.5 Å². The van der Waals surface area contributed by atoms with Gasteiger partial charge >= 0.3 is 0 Å². The number of ketones is 2. The summed E-state index contributed by atoms with van der Waals surface area (Å²) >= 11 is 0. The molecule has 0 aliphatic carbocycles. The molecule has 1 atom stereocenters. The van der Waals surface area contributed by atoms with Gasteiger partial charge in [0.1, 0.15) is 0 Å². The van der Waals surface area contributed by atoms with E-state index in [0.717, 1.165) is 36.8 Å². The highest BCUT2D eigenvalue weighted by atomic mass is 16.1. The van der Waals surface area contributed by atoms with Crippen molar-refractivity contribution in [3.63, 3.8) is 0 Å². The lowest BCUT2D eigenvalue weighted by Crippen LogP contribution is -2.07. The SMILES string of the molecule is CCCCCC(C#Cc1ccc(C(C)=O)cc1)CC(=O)c1ccccc1. The molecule has 0 heterocycles. The highest BCUT2D eigenvalue weighted by Crippen LogP contribution is 2.17. The van der Waals surface area contributed by atoms with Gasteiger partial charge in [0.05, 0.1) is 0 Å². The third-order valence-corrected chi connectivity index (χ3v) is 4.40. The molecule has 2 nitrogen and oxygen atoms in total. The number of Topliss-reactive ketones (excluding diaryl/α,β-unsaturated/α-hetero) is 2. The minimum absolute atomic E-state index is 0.0513. The summed E-state index contributed by atoms with van der Waals surface area (Å²) in [6.45, 7) is 3.73. The lowest BCUT2D eigenvalue weighted by molar-refractivity contribution is 0.0967. The third kappa shape index (κ3) is 6.33. The van der Waals surface area contributed by atoms with E-state index in [-0.39, 0.29) is 17.5 Å². The second-order valence-corrected chi connectivity index (χ2v) is 6.59. The summed E-state index contributed by atoms with van der Waals surface area (Å²) in [5.74, 6) is 6.72. The second kappa shape index (κ2) is 10.4. The Kier molecular flexibility index (Phi) is 7.83. The molecule has 0 aliphatic heterocycles. The van der Waals surface area contributed by atoms with Gasteiger partial charge in [-0.15, -0.1) is 0 Å². The standard InChI is InChI=1S/C24H26O2/c1-3-4-6-9-21(18-24(26)23-10-7-5-8-11-23)13-12-20-14-16-22(17-15-20)19(2)25/h5,7-8,10-11,14-17,21H,3-4,6,9,18H2,1-2H3. The van der Waals surface area contributed by atoms with E-state index in [4.69, 9.17) is 0 Å². The van der Waals surface area contributed by atoms with Gasteiger partial charge in [0.2, 0.25) is 0 Å². The number of carbonyl (C=O) groups is 2. The highest BCUT2D eigenvalue weighted by molar-refractivity contribution is 5.96. The van der Waals surface area contributed by atoms with Crippen LogP contribution in [-0.4, -0.2) is 11.6 Å². The molecule has 0 bridgehead atoms. The monoisotopic (exact) mass is 346 g/mol. The van der Waals surface area contributed by atoms with Gasteiger partial charge in [-0.1, -0.05) is 80.5 Å². The molecular formula is C24H26O2. The third-order valence-electron chi connectivity index (χ3n) is 4.40. The summed E-state index contributed by atoms with van der Waals surface area (Å²) < 4.78 is 0. The van der Waals surface area contributed by atoms with Gasteiger partial charge in [-0.3, -0.25) is 9.59 Å². The minimum atomic E-state index is 0.0513. The fourth-order valence-electron chi connectivity index (χ4n) is 2.81. The van der Waals surface area contributed by atoms with Gasteiger partial charge < -0.3 is 0 Å². The summed E-state index contributed by atoms with van der Waals surface area (Å²) in [6.07, 6.45) is 4.78. The second-order valence-electron chi connectivity index (χ2n) is 6.59. The molecule has 0 N–H and O–H groups in total. The van der Waals surface area contributed by atoms with Gasteiger partial charge in [-0.05, 0) is 25.5 Å². The van der Waals surface area contributed by atoms with Crippen LogP contribution in [0, 0.1) is 17.8 Å². The predicted molar refractivity (Wildman–Crippen MR) is 106 cm³/mol. The van der Waals surface area contributed by atoms with Crippen LogP contribution in [0.5, 0.6) is 0 Å². The van der Waals surface area contributed by atoms with Crippen molar-refractivity contribution in [3.8, 4) is 11.8 Å². The molecule has 2 rings (SSSR count). The molecule has 0 fully saturated rings. The van der Waals surface area contributed by atoms with E-state index >= 15 is 0 Å². The molecule has 1 unspecified atom stereocenters. The Bertz CT molecular complexity index is 776. The molecule has 134 valence electrons. The van der Waals surface area contributed by atoms with E-state index in [1.54, 1.807) is 19.1 Å². The normalized spacial score (nSPS) is 11.3. The molecule has 26 heavy (non-hydrogen) atoms. The first kappa shape index (κ1) is 19.7. The number of hydrogen-bond donors (Lipinski definition) is 0. The summed E-state index contributed by atoms with van der Waals surface area (Å²) in [4.78, 5) is 23.9. The largest absolute Gasteiger partial charge is 0.295 e. The number of rotatable bonds is 8. The van der Waals surface area contributed by atoms with Crippen molar-refractivity contribution in [3.05, 3.63) is 71.3 Å². The van der Waals surface area contributed by atoms with Crippen LogP contribution >= 0.6 is 0 Å². The molecule has 0 aliphatic rings. The maximum Gasteiger partial charge on any atom is 0.164 e. The topological polar surface area (TPSA) is 34.1 Å². The van der Waals surface area contributed by atoms with Crippen LogP contribution in [0.15, 0.2) is 54.6 Å². The maximum absolute atomic E-state index is 12.5. The van der Waals surface area contributed by atoms with Crippen LogP contribution in [0.25, 0.3) is 0 Å². The van der Waals surface area contributed by atoms with Crippen molar-refractivity contribution in [1.29, 1.82) is 0 Å². The smallest absolute Gasteiger partial charge is 0.164 e. The van der Waals surface area contributed by atoms with E-state index in [9.17, 15) is 9.59 Å². The Hall–Kier alpha value is -2.66. The molecule has 0 spiro atoms. The predicted octanol–water partition coefficient (Wildman–Crippen LogP) is 5.71. The zero-order valence-electron chi connectivity index (χ0n) is 15.6. The van der Waals surface area contributed by atoms with Crippen LogP contribution in [0.2, 0.25) is 0 Å². The quantitative estimate of drug-likeness (QED) is 0.348. The number of hydrogen-bond acceptors (Lipinski definition) is 2. The van der Waals surface area contributed by atoms with Crippen molar-refractivity contribution in [2.45, 2.75) is 46.0 Å². The zero-order valence-corrected chi connectivity index (χ0v) is 15.6.